The van der Waals surface area contributed by atoms with Gasteiger partial charge in [0.05, 0.1) is 22.8 Å². The van der Waals surface area contributed by atoms with Gasteiger partial charge in [0.1, 0.15) is 0 Å². The summed E-state index contributed by atoms with van der Waals surface area (Å²) >= 11 is 0.351. The lowest BCUT2D eigenvalue weighted by Crippen LogP contribution is -2.07. The van der Waals surface area contributed by atoms with Crippen LogP contribution in [0.4, 0.5) is 3.89 Å². The van der Waals surface area contributed by atoms with Gasteiger partial charge in [-0.25, -0.2) is 4.99 Å². The van der Waals surface area contributed by atoms with Crippen molar-refractivity contribution in [2.75, 3.05) is 0 Å². The van der Waals surface area contributed by atoms with Crippen LogP contribution in [0.3, 0.4) is 0 Å². The van der Waals surface area contributed by atoms with Gasteiger partial charge in [0, 0.05) is 27.8 Å². The zero-order valence-corrected chi connectivity index (χ0v) is 36.3. The van der Waals surface area contributed by atoms with Crippen molar-refractivity contribution in [3.05, 3.63) is 185 Å². The summed E-state index contributed by atoms with van der Waals surface area (Å²) in [5, 5.41) is 0. The maximum atomic E-state index is 16.8. The summed E-state index contributed by atoms with van der Waals surface area (Å²) in [7, 11) is 0. The van der Waals surface area contributed by atoms with E-state index in [4.69, 9.17) is 4.99 Å². The summed E-state index contributed by atoms with van der Waals surface area (Å²) in [4.78, 5) is 5.95. The Balaban J connectivity index is 1.55. The number of allylic oxidation sites excluding steroid dienone is 2. The van der Waals surface area contributed by atoms with E-state index in [2.05, 4.69) is 147 Å². The summed E-state index contributed by atoms with van der Waals surface area (Å²) in [6.45, 7) is 19.9. The molecule has 3 aliphatic rings. The highest BCUT2D eigenvalue weighted by Crippen LogP contribution is 2.54. The van der Waals surface area contributed by atoms with E-state index in [0.717, 1.165) is 83.6 Å². The molecule has 5 aromatic carbocycles. The number of hydrogen-bond donors (Lipinski definition) is 0. The first kappa shape index (κ1) is 38.3. The summed E-state index contributed by atoms with van der Waals surface area (Å²) < 4.78 is 18.7. The largest absolute Gasteiger partial charge is 0.255 e. The highest BCUT2D eigenvalue weighted by molar-refractivity contribution is 7.92. The van der Waals surface area contributed by atoms with Crippen LogP contribution >= 0.6 is 12.3 Å². The Kier molecular flexibility index (Phi) is 9.83. The number of aliphatic imine (C=N–C) groups is 1. The Hall–Kier alpha value is -5.19. The number of aromatic nitrogens is 1. The molecule has 0 unspecified atom stereocenters. The number of benzene rings is 5. The van der Waals surface area contributed by atoms with Crippen molar-refractivity contribution < 1.29 is 3.89 Å². The molecular formula is C54H53FN2S. The number of nitrogens with zero attached hydrogens (tertiary/aromatic N) is 2. The lowest BCUT2D eigenvalue weighted by Gasteiger charge is -2.23. The fourth-order valence-electron chi connectivity index (χ4n) is 10.7. The maximum absolute atomic E-state index is 16.8. The number of hydrogen-bond acceptors (Lipinski definition) is 2. The SMILES string of the molecule is Cc1cc(C)c(/C(=C2/N=C3C(=C2c2c(C)cccc2C)CCCc2cc(C)ccc23)c2c(-c3c(C)cccc3C)c3c(n2SF)-c2ccc(C)cc2CCC3)c(C)c1. The predicted octanol–water partition coefficient (Wildman–Crippen LogP) is 14.5. The Morgan fingerprint density at radius 2 is 1.12 bits per heavy atom. The molecule has 58 heavy (non-hydrogen) atoms. The van der Waals surface area contributed by atoms with Crippen molar-refractivity contribution in [1.29, 1.82) is 0 Å². The normalized spacial score (nSPS) is 15.7. The fourth-order valence-corrected chi connectivity index (χ4v) is 11.2. The average molecular weight is 781 g/mol. The smallest absolute Gasteiger partial charge is 0.170 e. The van der Waals surface area contributed by atoms with Gasteiger partial charge in [0.2, 0.25) is 0 Å². The molecule has 0 saturated carbocycles. The quantitative estimate of drug-likeness (QED) is 0.170. The van der Waals surface area contributed by atoms with Gasteiger partial charge in [-0.3, -0.25) is 3.97 Å². The Morgan fingerprint density at radius 1 is 0.569 bits per heavy atom. The van der Waals surface area contributed by atoms with Crippen LogP contribution in [0.1, 0.15) is 108 Å². The Morgan fingerprint density at radius 3 is 1.72 bits per heavy atom. The van der Waals surface area contributed by atoms with E-state index in [1.807, 2.05) is 3.97 Å². The third-order valence-corrected chi connectivity index (χ3v) is 13.5. The molecular weight excluding hydrogens is 728 g/mol. The molecule has 0 bridgehead atoms. The van der Waals surface area contributed by atoms with E-state index >= 15 is 3.89 Å². The zero-order valence-electron chi connectivity index (χ0n) is 35.5. The molecule has 2 nitrogen and oxygen atoms in total. The minimum atomic E-state index is 0.351. The molecule has 6 aromatic rings. The van der Waals surface area contributed by atoms with Crippen LogP contribution in [0.2, 0.25) is 0 Å². The van der Waals surface area contributed by atoms with Gasteiger partial charge >= 0.3 is 0 Å². The van der Waals surface area contributed by atoms with Crippen molar-refractivity contribution in [2.45, 2.75) is 101 Å². The molecule has 1 aromatic heterocycles. The van der Waals surface area contributed by atoms with Crippen LogP contribution in [0.15, 0.2) is 101 Å². The molecule has 2 heterocycles. The van der Waals surface area contributed by atoms with Crippen LogP contribution in [0.25, 0.3) is 33.5 Å². The van der Waals surface area contributed by atoms with E-state index in [1.165, 1.54) is 94.6 Å². The van der Waals surface area contributed by atoms with Gasteiger partial charge in [-0.2, -0.15) is 0 Å². The highest BCUT2D eigenvalue weighted by atomic mass is 32.2. The summed E-state index contributed by atoms with van der Waals surface area (Å²) in [6, 6.07) is 31.5. The molecule has 0 spiro atoms. The monoisotopic (exact) mass is 780 g/mol. The average Bonchev–Trinajstić information content (AvgIpc) is 3.53. The Bertz CT molecular complexity index is 2740. The van der Waals surface area contributed by atoms with Crippen molar-refractivity contribution in [3.8, 4) is 22.4 Å². The van der Waals surface area contributed by atoms with E-state index in [-0.39, 0.29) is 0 Å². The van der Waals surface area contributed by atoms with Crippen LogP contribution in [-0.2, 0) is 19.3 Å². The number of aryl methyl sites for hydroxylation is 11. The van der Waals surface area contributed by atoms with E-state index < -0.39 is 0 Å². The third-order valence-electron chi connectivity index (χ3n) is 13.0. The topological polar surface area (TPSA) is 17.3 Å². The number of rotatable bonds is 5. The van der Waals surface area contributed by atoms with Crippen LogP contribution in [-0.4, -0.2) is 9.68 Å². The van der Waals surface area contributed by atoms with Crippen molar-refractivity contribution in [3.63, 3.8) is 0 Å². The lowest BCUT2D eigenvalue weighted by atomic mass is 9.81. The van der Waals surface area contributed by atoms with E-state index in [9.17, 15) is 0 Å². The second-order valence-electron chi connectivity index (χ2n) is 17.3. The highest BCUT2D eigenvalue weighted by Gasteiger charge is 2.38. The third kappa shape index (κ3) is 6.18. The summed E-state index contributed by atoms with van der Waals surface area (Å²) in [6.07, 6.45) is 5.79. The molecule has 0 atom stereocenters. The first-order chi connectivity index (χ1) is 28.0. The molecule has 0 fully saturated rings. The minimum absolute atomic E-state index is 0.351. The second kappa shape index (κ2) is 14.9. The maximum Gasteiger partial charge on any atom is 0.170 e. The van der Waals surface area contributed by atoms with Crippen LogP contribution in [0, 0.1) is 62.3 Å². The standard InChI is InChI=1S/C54H53FN2S/c1-30-22-24-41-39(28-30)18-12-20-43-48(45-33(4)14-10-15-34(45)5)52(56-51(41)43)50(47-37(8)26-32(3)27-38(47)9)54-49(46-35(6)16-11-17-36(46)7)44-21-13-19-40-29-31(2)23-25-42(40)53(44)57(54)58-55/h10-11,14-17,22-29H,12-13,18-21H2,1-9H3/b52-50-. The van der Waals surface area contributed by atoms with Crippen molar-refractivity contribution in [1.82, 2.24) is 3.97 Å². The fraction of sp³-hybridized carbons (Fsp3) is 0.278. The van der Waals surface area contributed by atoms with Crippen LogP contribution < -0.4 is 0 Å². The van der Waals surface area contributed by atoms with Gasteiger partial charge in [0.15, 0.2) is 12.3 Å². The molecule has 1 aliphatic heterocycles. The molecule has 0 amide bonds. The zero-order chi connectivity index (χ0) is 40.6. The van der Waals surface area contributed by atoms with Crippen LogP contribution in [0.5, 0.6) is 0 Å². The van der Waals surface area contributed by atoms with Gasteiger partial charge in [-0.05, 0) is 173 Å². The summed E-state index contributed by atoms with van der Waals surface area (Å²) in [5.74, 6) is 0. The number of fused-ring (bicyclic) bond motifs is 6. The van der Waals surface area contributed by atoms with Gasteiger partial charge in [0.25, 0.3) is 0 Å². The second-order valence-corrected chi connectivity index (χ2v) is 17.8. The van der Waals surface area contributed by atoms with E-state index in [1.54, 1.807) is 0 Å². The van der Waals surface area contributed by atoms with E-state index in [0.29, 0.717) is 12.3 Å². The van der Waals surface area contributed by atoms with Gasteiger partial charge < -0.3 is 0 Å². The first-order valence-corrected chi connectivity index (χ1v) is 21.7. The Labute approximate surface area is 349 Å². The number of halogens is 1. The molecule has 292 valence electrons. The molecule has 0 saturated heterocycles. The summed E-state index contributed by atoms with van der Waals surface area (Å²) in [5.41, 5.74) is 29.3. The molecule has 0 radical (unpaired) electrons. The molecule has 0 N–H and O–H groups in total. The molecule has 4 heteroatoms. The predicted molar refractivity (Wildman–Crippen MR) is 246 cm³/mol. The minimum Gasteiger partial charge on any atom is -0.255 e. The van der Waals surface area contributed by atoms with Crippen molar-refractivity contribution in [2.24, 2.45) is 4.99 Å². The molecule has 9 rings (SSSR count). The van der Waals surface area contributed by atoms with Crippen molar-refractivity contribution >= 4 is 29.2 Å². The lowest BCUT2D eigenvalue weighted by molar-refractivity contribution is 0.835. The molecule has 2 aliphatic carbocycles. The first-order valence-electron chi connectivity index (χ1n) is 21.0. The van der Waals surface area contributed by atoms with Gasteiger partial charge in [-0.1, -0.05) is 102 Å². The van der Waals surface area contributed by atoms with Gasteiger partial charge in [-0.15, -0.1) is 3.89 Å².